The van der Waals surface area contributed by atoms with E-state index in [2.05, 4.69) is 15.6 Å². The SMILES string of the molecule is CCOc1ccccc1Nc1ccc(C(=O)NC(C)c2ccccc2)cn1. The van der Waals surface area contributed by atoms with E-state index < -0.39 is 0 Å². The van der Waals surface area contributed by atoms with Gasteiger partial charge in [-0.2, -0.15) is 0 Å². The van der Waals surface area contributed by atoms with Crippen molar-refractivity contribution in [1.29, 1.82) is 0 Å². The van der Waals surface area contributed by atoms with E-state index in [0.717, 1.165) is 17.0 Å². The van der Waals surface area contributed by atoms with Crippen LogP contribution >= 0.6 is 0 Å². The summed E-state index contributed by atoms with van der Waals surface area (Å²) in [5, 5.41) is 6.21. The minimum absolute atomic E-state index is 0.0745. The van der Waals surface area contributed by atoms with E-state index in [4.69, 9.17) is 4.74 Å². The van der Waals surface area contributed by atoms with E-state index >= 15 is 0 Å². The van der Waals surface area contributed by atoms with Crippen LogP contribution in [-0.4, -0.2) is 17.5 Å². The van der Waals surface area contributed by atoms with Gasteiger partial charge in [0.1, 0.15) is 11.6 Å². The number of hydrogen-bond acceptors (Lipinski definition) is 4. The third kappa shape index (κ3) is 4.85. The molecular weight excluding hydrogens is 338 g/mol. The van der Waals surface area contributed by atoms with E-state index in [1.54, 1.807) is 18.3 Å². The lowest BCUT2D eigenvalue weighted by Crippen LogP contribution is -2.26. The van der Waals surface area contributed by atoms with Gasteiger partial charge in [-0.15, -0.1) is 0 Å². The highest BCUT2D eigenvalue weighted by atomic mass is 16.5. The Morgan fingerprint density at radius 2 is 1.78 bits per heavy atom. The number of anilines is 2. The molecule has 0 bridgehead atoms. The average molecular weight is 361 g/mol. The Labute approximate surface area is 159 Å². The largest absolute Gasteiger partial charge is 0.492 e. The van der Waals surface area contributed by atoms with Gasteiger partial charge in [-0.25, -0.2) is 4.98 Å². The third-order valence-corrected chi connectivity index (χ3v) is 4.12. The zero-order chi connectivity index (χ0) is 19.1. The molecular formula is C22H23N3O2. The van der Waals surface area contributed by atoms with Gasteiger partial charge in [0.05, 0.1) is 23.9 Å². The van der Waals surface area contributed by atoms with Gasteiger partial charge in [-0.05, 0) is 43.7 Å². The first kappa shape index (κ1) is 18.5. The van der Waals surface area contributed by atoms with Gasteiger partial charge in [0.15, 0.2) is 0 Å². The van der Waals surface area contributed by atoms with Gasteiger partial charge in [0, 0.05) is 6.20 Å². The van der Waals surface area contributed by atoms with Crippen molar-refractivity contribution in [3.63, 3.8) is 0 Å². The Bertz CT molecular complexity index is 880. The summed E-state index contributed by atoms with van der Waals surface area (Å²) < 4.78 is 5.60. The molecule has 5 heteroatoms. The van der Waals surface area contributed by atoms with Gasteiger partial charge in [-0.1, -0.05) is 42.5 Å². The number of para-hydroxylation sites is 2. The van der Waals surface area contributed by atoms with Crippen molar-refractivity contribution < 1.29 is 9.53 Å². The number of nitrogens with one attached hydrogen (secondary N) is 2. The lowest BCUT2D eigenvalue weighted by atomic mass is 10.1. The van der Waals surface area contributed by atoms with Crippen molar-refractivity contribution in [3.05, 3.63) is 84.1 Å². The Morgan fingerprint density at radius 3 is 2.48 bits per heavy atom. The Kier molecular flexibility index (Phi) is 6.05. The summed E-state index contributed by atoms with van der Waals surface area (Å²) in [7, 11) is 0. The second-order valence-electron chi connectivity index (χ2n) is 6.09. The molecule has 1 unspecified atom stereocenters. The predicted molar refractivity (Wildman–Crippen MR) is 107 cm³/mol. The number of aromatic nitrogens is 1. The molecule has 1 aromatic heterocycles. The molecule has 1 atom stereocenters. The number of carbonyl (C=O) groups is 1. The zero-order valence-corrected chi connectivity index (χ0v) is 15.5. The minimum Gasteiger partial charge on any atom is -0.492 e. The standard InChI is InChI=1S/C22H23N3O2/c1-3-27-20-12-8-7-11-19(20)25-21-14-13-18(15-23-21)22(26)24-16(2)17-9-5-4-6-10-17/h4-16H,3H2,1-2H3,(H,23,25)(H,24,26). The number of amides is 1. The highest BCUT2D eigenvalue weighted by Crippen LogP contribution is 2.26. The number of rotatable bonds is 7. The van der Waals surface area contributed by atoms with Crippen molar-refractivity contribution in [1.82, 2.24) is 10.3 Å². The zero-order valence-electron chi connectivity index (χ0n) is 15.5. The maximum Gasteiger partial charge on any atom is 0.253 e. The summed E-state index contributed by atoms with van der Waals surface area (Å²) in [6.07, 6.45) is 1.57. The Morgan fingerprint density at radius 1 is 1.04 bits per heavy atom. The monoisotopic (exact) mass is 361 g/mol. The van der Waals surface area contributed by atoms with Crippen LogP contribution in [0.2, 0.25) is 0 Å². The molecule has 0 spiro atoms. The number of carbonyl (C=O) groups excluding carboxylic acids is 1. The first-order valence-electron chi connectivity index (χ1n) is 8.98. The molecule has 2 N–H and O–H groups in total. The summed E-state index contributed by atoms with van der Waals surface area (Å²) in [4.78, 5) is 16.8. The van der Waals surface area contributed by atoms with E-state index in [0.29, 0.717) is 18.0 Å². The van der Waals surface area contributed by atoms with Crippen LogP contribution in [0.4, 0.5) is 11.5 Å². The maximum atomic E-state index is 12.4. The number of pyridine rings is 1. The smallest absolute Gasteiger partial charge is 0.253 e. The molecule has 0 saturated carbocycles. The average Bonchev–Trinajstić information content (AvgIpc) is 2.71. The quantitative estimate of drug-likeness (QED) is 0.639. The summed E-state index contributed by atoms with van der Waals surface area (Å²) in [5.74, 6) is 1.26. The van der Waals surface area contributed by atoms with E-state index in [1.807, 2.05) is 68.4 Å². The van der Waals surface area contributed by atoms with Crippen LogP contribution < -0.4 is 15.4 Å². The van der Waals surface area contributed by atoms with Crippen LogP contribution in [0.25, 0.3) is 0 Å². The molecule has 0 aliphatic carbocycles. The van der Waals surface area contributed by atoms with E-state index in [9.17, 15) is 4.79 Å². The summed E-state index contributed by atoms with van der Waals surface area (Å²) in [6.45, 7) is 4.49. The molecule has 3 aromatic rings. The molecule has 0 aliphatic rings. The van der Waals surface area contributed by atoms with Crippen molar-refractivity contribution in [3.8, 4) is 5.75 Å². The van der Waals surface area contributed by atoms with E-state index in [1.165, 1.54) is 0 Å². The topological polar surface area (TPSA) is 63.2 Å². The number of ether oxygens (including phenoxy) is 1. The van der Waals surface area contributed by atoms with Crippen LogP contribution in [0.3, 0.4) is 0 Å². The van der Waals surface area contributed by atoms with Crippen molar-refractivity contribution in [2.75, 3.05) is 11.9 Å². The first-order chi connectivity index (χ1) is 13.2. The molecule has 0 radical (unpaired) electrons. The predicted octanol–water partition coefficient (Wildman–Crippen LogP) is 4.71. The van der Waals surface area contributed by atoms with Crippen LogP contribution in [0, 0.1) is 0 Å². The molecule has 1 heterocycles. The van der Waals surface area contributed by atoms with Crippen LogP contribution in [-0.2, 0) is 0 Å². The van der Waals surface area contributed by atoms with Crippen molar-refractivity contribution >= 4 is 17.4 Å². The lowest BCUT2D eigenvalue weighted by molar-refractivity contribution is 0.0939. The number of nitrogens with zero attached hydrogens (tertiary/aromatic N) is 1. The van der Waals surface area contributed by atoms with Gasteiger partial charge in [0.2, 0.25) is 0 Å². The summed E-state index contributed by atoms with van der Waals surface area (Å²) in [5.41, 5.74) is 2.41. The normalized spacial score (nSPS) is 11.5. The molecule has 0 saturated heterocycles. The molecule has 5 nitrogen and oxygen atoms in total. The minimum atomic E-state index is -0.153. The van der Waals surface area contributed by atoms with Gasteiger partial charge in [-0.3, -0.25) is 4.79 Å². The summed E-state index contributed by atoms with van der Waals surface area (Å²) >= 11 is 0. The molecule has 138 valence electrons. The third-order valence-electron chi connectivity index (χ3n) is 4.12. The van der Waals surface area contributed by atoms with Crippen LogP contribution in [0.5, 0.6) is 5.75 Å². The first-order valence-corrected chi connectivity index (χ1v) is 8.98. The fourth-order valence-corrected chi connectivity index (χ4v) is 2.70. The van der Waals surface area contributed by atoms with Gasteiger partial charge < -0.3 is 15.4 Å². The molecule has 27 heavy (non-hydrogen) atoms. The highest BCUT2D eigenvalue weighted by Gasteiger charge is 2.12. The Hall–Kier alpha value is -3.34. The second-order valence-corrected chi connectivity index (χ2v) is 6.09. The molecule has 1 amide bonds. The van der Waals surface area contributed by atoms with Crippen LogP contribution in [0.15, 0.2) is 72.9 Å². The van der Waals surface area contributed by atoms with Gasteiger partial charge >= 0.3 is 0 Å². The highest BCUT2D eigenvalue weighted by molar-refractivity contribution is 5.94. The maximum absolute atomic E-state index is 12.4. The molecule has 2 aromatic carbocycles. The van der Waals surface area contributed by atoms with Gasteiger partial charge in [0.25, 0.3) is 5.91 Å². The lowest BCUT2D eigenvalue weighted by Gasteiger charge is -2.15. The Balaban J connectivity index is 1.66. The number of benzene rings is 2. The van der Waals surface area contributed by atoms with Crippen molar-refractivity contribution in [2.24, 2.45) is 0 Å². The second kappa shape index (κ2) is 8.85. The number of hydrogen-bond donors (Lipinski definition) is 2. The summed E-state index contributed by atoms with van der Waals surface area (Å²) in [6, 6.07) is 21.0. The molecule has 0 aliphatic heterocycles. The molecule has 3 rings (SSSR count). The van der Waals surface area contributed by atoms with Crippen LogP contribution in [0.1, 0.15) is 35.8 Å². The fourth-order valence-electron chi connectivity index (χ4n) is 2.70. The fraction of sp³-hybridized carbons (Fsp3) is 0.182. The molecule has 0 fully saturated rings. The van der Waals surface area contributed by atoms with E-state index in [-0.39, 0.29) is 11.9 Å². The van der Waals surface area contributed by atoms with Crippen molar-refractivity contribution in [2.45, 2.75) is 19.9 Å².